The van der Waals surface area contributed by atoms with Crippen molar-refractivity contribution in [3.8, 4) is 17.2 Å². The van der Waals surface area contributed by atoms with Gasteiger partial charge in [-0.25, -0.2) is 9.37 Å². The number of amides is 1. The number of fused-ring (bicyclic) bond motifs is 1. The first-order chi connectivity index (χ1) is 21.3. The van der Waals surface area contributed by atoms with Gasteiger partial charge in [0, 0.05) is 36.8 Å². The third-order valence-corrected chi connectivity index (χ3v) is 7.69. The number of hydrogen-bond donors (Lipinski definition) is 0. The molecule has 1 aliphatic heterocycles. The zero-order chi connectivity index (χ0) is 32.5. The van der Waals surface area contributed by atoms with Gasteiger partial charge in [0.15, 0.2) is 6.61 Å². The molecule has 0 radical (unpaired) electrons. The van der Waals surface area contributed by atoms with Crippen LogP contribution < -0.4 is 15.0 Å². The van der Waals surface area contributed by atoms with Crippen molar-refractivity contribution in [1.82, 2.24) is 19.4 Å². The van der Waals surface area contributed by atoms with Gasteiger partial charge in [0.2, 0.25) is 0 Å². The van der Waals surface area contributed by atoms with E-state index in [1.807, 2.05) is 11.8 Å². The Labute approximate surface area is 261 Å². The molecule has 1 amide bonds. The highest BCUT2D eigenvalue weighted by molar-refractivity contribution is 6.30. The summed E-state index contributed by atoms with van der Waals surface area (Å²) in [5, 5.41) is 0.729. The molecule has 2 heterocycles. The third kappa shape index (κ3) is 7.23. The van der Waals surface area contributed by atoms with E-state index in [-0.39, 0.29) is 47.7 Å². The summed E-state index contributed by atoms with van der Waals surface area (Å²) in [6, 6.07) is 14.2. The van der Waals surface area contributed by atoms with Crippen LogP contribution in [0.3, 0.4) is 0 Å². The Bertz CT molecular complexity index is 1760. The van der Waals surface area contributed by atoms with Gasteiger partial charge in [-0.05, 0) is 63.2 Å². The van der Waals surface area contributed by atoms with Crippen molar-refractivity contribution >= 4 is 28.4 Å². The molecule has 0 spiro atoms. The first kappa shape index (κ1) is 32.2. The van der Waals surface area contributed by atoms with E-state index in [2.05, 4.69) is 4.98 Å². The number of carbonyl (C=O) groups excluding carboxylic acids is 1. The Morgan fingerprint density at radius 2 is 1.80 bits per heavy atom. The van der Waals surface area contributed by atoms with E-state index in [1.54, 1.807) is 61.2 Å². The van der Waals surface area contributed by atoms with Gasteiger partial charge < -0.3 is 14.4 Å². The van der Waals surface area contributed by atoms with Crippen LogP contribution in [0.15, 0.2) is 65.5 Å². The number of halogens is 5. The van der Waals surface area contributed by atoms with E-state index in [9.17, 15) is 27.2 Å². The van der Waals surface area contributed by atoms with Gasteiger partial charge in [0.05, 0.1) is 34.8 Å². The molecule has 8 nitrogen and oxygen atoms in total. The van der Waals surface area contributed by atoms with Crippen molar-refractivity contribution in [1.29, 1.82) is 0 Å². The monoisotopic (exact) mass is 646 g/mol. The number of nitrogens with zero attached hydrogens (tertiary/aromatic N) is 4. The van der Waals surface area contributed by atoms with Gasteiger partial charge in [-0.3, -0.25) is 19.1 Å². The van der Waals surface area contributed by atoms with Gasteiger partial charge in [-0.2, -0.15) is 13.2 Å². The Balaban J connectivity index is 1.47. The zero-order valence-electron chi connectivity index (χ0n) is 24.8. The summed E-state index contributed by atoms with van der Waals surface area (Å²) < 4.78 is 68.6. The summed E-state index contributed by atoms with van der Waals surface area (Å²) in [4.78, 5) is 35.1. The fraction of sp³-hybridized carbons (Fsp3) is 0.344. The molecule has 1 saturated heterocycles. The number of benzene rings is 3. The second-order valence-corrected chi connectivity index (χ2v) is 11.5. The van der Waals surface area contributed by atoms with Gasteiger partial charge in [0.1, 0.15) is 23.1 Å². The van der Waals surface area contributed by atoms with Crippen LogP contribution in [0.2, 0.25) is 5.02 Å². The SMILES string of the molecule is CC(C)Oc1cc(F)c(C(F)(F)F)cc1-n1c(CN2CCN(C(=O)COc3ccc(Cl)cc3)C[C@@H]2C)nc2ccccc2c1=O. The molecule has 1 aliphatic rings. The highest BCUT2D eigenvalue weighted by Gasteiger charge is 2.36. The summed E-state index contributed by atoms with van der Waals surface area (Å²) in [5.74, 6) is -1.29. The number of aromatic nitrogens is 2. The second-order valence-electron chi connectivity index (χ2n) is 11.1. The Morgan fingerprint density at radius 3 is 2.47 bits per heavy atom. The second kappa shape index (κ2) is 13.1. The van der Waals surface area contributed by atoms with E-state index in [0.29, 0.717) is 48.1 Å². The quantitative estimate of drug-likeness (QED) is 0.216. The minimum Gasteiger partial charge on any atom is -0.489 e. The summed E-state index contributed by atoms with van der Waals surface area (Å²) >= 11 is 5.90. The average Bonchev–Trinajstić information content (AvgIpc) is 2.97. The molecular weight excluding hydrogens is 616 g/mol. The Kier molecular flexibility index (Phi) is 9.36. The minimum absolute atomic E-state index is 0.0599. The lowest BCUT2D eigenvalue weighted by molar-refractivity contribution is -0.140. The summed E-state index contributed by atoms with van der Waals surface area (Å²) in [6.45, 7) is 6.17. The van der Waals surface area contributed by atoms with Crippen LogP contribution in [0.5, 0.6) is 11.5 Å². The molecule has 1 fully saturated rings. The highest BCUT2D eigenvalue weighted by atomic mass is 35.5. The predicted molar refractivity (Wildman–Crippen MR) is 161 cm³/mol. The first-order valence-electron chi connectivity index (χ1n) is 14.3. The lowest BCUT2D eigenvalue weighted by Crippen LogP contribution is -2.54. The van der Waals surface area contributed by atoms with E-state index in [0.717, 1.165) is 4.57 Å². The molecule has 13 heteroatoms. The van der Waals surface area contributed by atoms with E-state index in [1.165, 1.54) is 6.07 Å². The van der Waals surface area contributed by atoms with Gasteiger partial charge in [0.25, 0.3) is 11.5 Å². The smallest absolute Gasteiger partial charge is 0.419 e. The molecule has 4 aromatic rings. The molecule has 3 aromatic carbocycles. The lowest BCUT2D eigenvalue weighted by Gasteiger charge is -2.39. The lowest BCUT2D eigenvalue weighted by atomic mass is 10.1. The molecule has 238 valence electrons. The number of alkyl halides is 3. The predicted octanol–water partition coefficient (Wildman–Crippen LogP) is 6.10. The minimum atomic E-state index is -5.02. The number of rotatable bonds is 8. The van der Waals surface area contributed by atoms with Crippen molar-refractivity contribution < 1.29 is 31.8 Å². The molecule has 0 unspecified atom stereocenters. The molecule has 45 heavy (non-hydrogen) atoms. The Hall–Kier alpha value is -4.16. The van der Waals surface area contributed by atoms with Crippen LogP contribution in [-0.2, 0) is 17.5 Å². The maximum atomic E-state index is 14.7. The summed E-state index contributed by atoms with van der Waals surface area (Å²) in [6.07, 6.45) is -5.54. The first-order valence-corrected chi connectivity index (χ1v) is 14.7. The van der Waals surface area contributed by atoms with Crippen LogP contribution in [0, 0.1) is 5.82 Å². The topological polar surface area (TPSA) is 76.9 Å². The van der Waals surface area contributed by atoms with Crippen LogP contribution in [0.25, 0.3) is 16.6 Å². The molecule has 0 aliphatic carbocycles. The van der Waals surface area contributed by atoms with Crippen LogP contribution in [0.4, 0.5) is 17.6 Å². The largest absolute Gasteiger partial charge is 0.489 e. The molecule has 0 saturated carbocycles. The van der Waals surface area contributed by atoms with E-state index >= 15 is 0 Å². The fourth-order valence-electron chi connectivity index (χ4n) is 5.22. The van der Waals surface area contributed by atoms with E-state index < -0.39 is 29.2 Å². The maximum absolute atomic E-state index is 14.7. The maximum Gasteiger partial charge on any atom is 0.419 e. The van der Waals surface area contributed by atoms with Crippen molar-refractivity contribution in [2.45, 2.75) is 45.6 Å². The number of piperazine rings is 1. The van der Waals surface area contributed by atoms with Gasteiger partial charge >= 0.3 is 6.18 Å². The van der Waals surface area contributed by atoms with Crippen LogP contribution in [-0.4, -0.2) is 63.6 Å². The number of para-hydroxylation sites is 1. The number of ether oxygens (including phenoxy) is 2. The van der Waals surface area contributed by atoms with Crippen LogP contribution >= 0.6 is 11.6 Å². The summed E-state index contributed by atoms with van der Waals surface area (Å²) in [5.41, 5.74) is -2.05. The molecule has 0 N–H and O–H groups in total. The zero-order valence-corrected chi connectivity index (χ0v) is 25.5. The molecular formula is C32H31ClF4N4O4. The van der Waals surface area contributed by atoms with Gasteiger partial charge in [-0.15, -0.1) is 0 Å². The molecule has 1 atom stereocenters. The summed E-state index contributed by atoms with van der Waals surface area (Å²) in [7, 11) is 0. The van der Waals surface area contributed by atoms with Crippen LogP contribution in [0.1, 0.15) is 32.2 Å². The van der Waals surface area contributed by atoms with Crippen molar-refractivity contribution in [3.05, 3.63) is 93.2 Å². The Morgan fingerprint density at radius 1 is 1.09 bits per heavy atom. The molecule has 5 rings (SSSR count). The third-order valence-electron chi connectivity index (χ3n) is 7.44. The number of carbonyl (C=O) groups is 1. The standard InChI is InChI=1S/C32H31ClF4N4O4/c1-19(2)45-28-15-25(34)24(32(35,36)37)14-27(28)41-29(38-26-7-5-4-6-23(26)31(41)43)17-39-12-13-40(16-20(39)3)30(42)18-44-22-10-8-21(33)9-11-22/h4-11,14-15,19-20H,12-13,16-18H2,1-3H3/t20-/m0/s1. The normalized spacial score (nSPS) is 15.9. The van der Waals surface area contributed by atoms with Crippen molar-refractivity contribution in [3.63, 3.8) is 0 Å². The number of hydrogen-bond acceptors (Lipinski definition) is 6. The fourth-order valence-corrected chi connectivity index (χ4v) is 5.35. The van der Waals surface area contributed by atoms with Gasteiger partial charge in [-0.1, -0.05) is 23.7 Å². The average molecular weight is 647 g/mol. The molecule has 1 aromatic heterocycles. The van der Waals surface area contributed by atoms with E-state index in [4.69, 9.17) is 21.1 Å². The highest BCUT2D eigenvalue weighted by Crippen LogP contribution is 2.37. The van der Waals surface area contributed by atoms with Crippen molar-refractivity contribution in [2.75, 3.05) is 26.2 Å². The molecule has 0 bridgehead atoms. The van der Waals surface area contributed by atoms with Crippen molar-refractivity contribution in [2.24, 2.45) is 0 Å².